The summed E-state index contributed by atoms with van der Waals surface area (Å²) < 4.78 is 10.5. The lowest BCUT2D eigenvalue weighted by molar-refractivity contribution is 0.108. The third kappa shape index (κ3) is 11.0. The highest BCUT2D eigenvalue weighted by molar-refractivity contribution is 4.83. The van der Waals surface area contributed by atoms with Crippen LogP contribution in [0.15, 0.2) is 0 Å². The van der Waals surface area contributed by atoms with Crippen LogP contribution in [0.2, 0.25) is 0 Å². The van der Waals surface area contributed by atoms with Crippen molar-refractivity contribution in [3.8, 4) is 24.7 Å². The summed E-state index contributed by atoms with van der Waals surface area (Å²) in [5.41, 5.74) is 0. The number of terminal acetylenes is 2. The van der Waals surface area contributed by atoms with Gasteiger partial charge < -0.3 is 9.47 Å². The second-order valence-electron chi connectivity index (χ2n) is 2.84. The van der Waals surface area contributed by atoms with Crippen molar-refractivity contribution in [2.45, 2.75) is 25.7 Å². The molecule has 0 radical (unpaired) electrons. The van der Waals surface area contributed by atoms with Crippen molar-refractivity contribution in [3.63, 3.8) is 0 Å². The first-order chi connectivity index (χ1) is 6.91. The molecule has 0 aliphatic rings. The maximum atomic E-state index is 5.27. The average Bonchev–Trinajstić information content (AvgIpc) is 2.21. The summed E-state index contributed by atoms with van der Waals surface area (Å²) in [5.74, 6) is 5.05. The van der Waals surface area contributed by atoms with Gasteiger partial charge in [-0.05, 0) is 12.8 Å². The fraction of sp³-hybridized carbons (Fsp3) is 0.667. The Bertz CT molecular complexity index is 163. The van der Waals surface area contributed by atoms with E-state index in [4.69, 9.17) is 22.3 Å². The second kappa shape index (κ2) is 12.0. The lowest BCUT2D eigenvalue weighted by Crippen LogP contribution is -2.00. The van der Waals surface area contributed by atoms with Gasteiger partial charge in [0.1, 0.15) is 0 Å². The van der Waals surface area contributed by atoms with Crippen molar-refractivity contribution < 1.29 is 9.47 Å². The molecule has 0 aromatic carbocycles. The molecule has 2 nitrogen and oxygen atoms in total. The molecule has 0 aliphatic heterocycles. The predicted octanol–water partition coefficient (Wildman–Crippen LogP) is 1.85. The molecule has 0 spiro atoms. The third-order valence-corrected chi connectivity index (χ3v) is 1.61. The van der Waals surface area contributed by atoms with Gasteiger partial charge in [0.25, 0.3) is 0 Å². The van der Waals surface area contributed by atoms with Crippen molar-refractivity contribution in [2.24, 2.45) is 0 Å². The molecular formula is C12H18O2. The van der Waals surface area contributed by atoms with Crippen molar-refractivity contribution in [2.75, 3.05) is 26.4 Å². The number of hydrogen-bond acceptors (Lipinski definition) is 2. The summed E-state index contributed by atoms with van der Waals surface area (Å²) in [7, 11) is 0. The summed E-state index contributed by atoms with van der Waals surface area (Å²) in [5, 5.41) is 0. The SMILES string of the molecule is C#CCCOCCCCOCCC#C. The van der Waals surface area contributed by atoms with Crippen LogP contribution in [0.1, 0.15) is 25.7 Å². The zero-order valence-corrected chi connectivity index (χ0v) is 8.63. The van der Waals surface area contributed by atoms with E-state index in [1.165, 1.54) is 0 Å². The Morgan fingerprint density at radius 1 is 0.714 bits per heavy atom. The second-order valence-corrected chi connectivity index (χ2v) is 2.84. The molecule has 0 fully saturated rings. The fourth-order valence-corrected chi connectivity index (χ4v) is 0.875. The molecule has 0 amide bonds. The molecule has 78 valence electrons. The molecule has 0 aromatic rings. The van der Waals surface area contributed by atoms with Crippen LogP contribution in [-0.4, -0.2) is 26.4 Å². The molecule has 0 saturated carbocycles. The molecule has 14 heavy (non-hydrogen) atoms. The molecular weight excluding hydrogens is 176 g/mol. The van der Waals surface area contributed by atoms with Crippen LogP contribution in [0.4, 0.5) is 0 Å². The van der Waals surface area contributed by atoms with E-state index >= 15 is 0 Å². The first-order valence-corrected chi connectivity index (χ1v) is 4.94. The highest BCUT2D eigenvalue weighted by atomic mass is 16.5. The Hall–Kier alpha value is -0.960. The Morgan fingerprint density at radius 2 is 1.14 bits per heavy atom. The van der Waals surface area contributed by atoms with Crippen LogP contribution in [0.25, 0.3) is 0 Å². The van der Waals surface area contributed by atoms with Crippen LogP contribution in [0, 0.1) is 24.7 Å². The summed E-state index contributed by atoms with van der Waals surface area (Å²) in [6.07, 6.45) is 13.6. The maximum Gasteiger partial charge on any atom is 0.0575 e. The Labute approximate surface area is 87.0 Å². The summed E-state index contributed by atoms with van der Waals surface area (Å²) >= 11 is 0. The number of ether oxygens (including phenoxy) is 2. The zero-order valence-electron chi connectivity index (χ0n) is 8.63. The van der Waals surface area contributed by atoms with Gasteiger partial charge in [0, 0.05) is 26.1 Å². The number of rotatable bonds is 9. The molecule has 0 aliphatic carbocycles. The average molecular weight is 194 g/mol. The molecule has 0 N–H and O–H groups in total. The van der Waals surface area contributed by atoms with Crippen molar-refractivity contribution in [3.05, 3.63) is 0 Å². The van der Waals surface area contributed by atoms with E-state index in [9.17, 15) is 0 Å². The van der Waals surface area contributed by atoms with Crippen LogP contribution in [0.5, 0.6) is 0 Å². The van der Waals surface area contributed by atoms with Crippen LogP contribution in [0.3, 0.4) is 0 Å². The number of unbranched alkanes of at least 4 members (excludes halogenated alkanes) is 1. The molecule has 0 bridgehead atoms. The van der Waals surface area contributed by atoms with Crippen molar-refractivity contribution in [1.82, 2.24) is 0 Å². The van der Waals surface area contributed by atoms with Gasteiger partial charge in [0.15, 0.2) is 0 Å². The largest absolute Gasteiger partial charge is 0.380 e. The predicted molar refractivity (Wildman–Crippen MR) is 57.8 cm³/mol. The standard InChI is InChI=1S/C12H18O2/c1-3-5-9-13-11-7-8-12-14-10-6-4-2/h1-2H,5-12H2. The molecule has 0 atom stereocenters. The molecule has 0 heterocycles. The van der Waals surface area contributed by atoms with E-state index in [1.807, 2.05) is 0 Å². The van der Waals surface area contributed by atoms with Gasteiger partial charge in [-0.25, -0.2) is 0 Å². The molecule has 0 aromatic heterocycles. The Kier molecular flexibility index (Phi) is 11.2. The van der Waals surface area contributed by atoms with E-state index in [2.05, 4.69) is 11.8 Å². The molecule has 0 unspecified atom stereocenters. The Balaban J connectivity index is 2.86. The topological polar surface area (TPSA) is 18.5 Å². The van der Waals surface area contributed by atoms with Crippen LogP contribution in [-0.2, 0) is 9.47 Å². The smallest absolute Gasteiger partial charge is 0.0575 e. The van der Waals surface area contributed by atoms with Gasteiger partial charge in [0.2, 0.25) is 0 Å². The van der Waals surface area contributed by atoms with E-state index < -0.39 is 0 Å². The number of hydrogen-bond donors (Lipinski definition) is 0. The van der Waals surface area contributed by atoms with Gasteiger partial charge in [-0.1, -0.05) is 0 Å². The minimum absolute atomic E-state index is 0.661. The van der Waals surface area contributed by atoms with E-state index in [1.54, 1.807) is 0 Å². The monoisotopic (exact) mass is 194 g/mol. The quantitative estimate of drug-likeness (QED) is 0.412. The van der Waals surface area contributed by atoms with Gasteiger partial charge >= 0.3 is 0 Å². The first-order valence-electron chi connectivity index (χ1n) is 4.94. The minimum atomic E-state index is 0.661. The van der Waals surface area contributed by atoms with E-state index in [0.29, 0.717) is 26.1 Å². The van der Waals surface area contributed by atoms with Gasteiger partial charge in [-0.2, -0.15) is 0 Å². The zero-order chi connectivity index (χ0) is 10.5. The lowest BCUT2D eigenvalue weighted by atomic mass is 10.3. The normalized spacial score (nSPS) is 9.29. The van der Waals surface area contributed by atoms with Crippen LogP contribution >= 0.6 is 0 Å². The van der Waals surface area contributed by atoms with Crippen LogP contribution < -0.4 is 0 Å². The summed E-state index contributed by atoms with van der Waals surface area (Å²) in [6, 6.07) is 0. The van der Waals surface area contributed by atoms with E-state index in [0.717, 1.165) is 26.1 Å². The highest BCUT2D eigenvalue weighted by Gasteiger charge is 1.90. The van der Waals surface area contributed by atoms with Crippen molar-refractivity contribution >= 4 is 0 Å². The Morgan fingerprint density at radius 3 is 1.50 bits per heavy atom. The fourth-order valence-electron chi connectivity index (χ4n) is 0.875. The van der Waals surface area contributed by atoms with E-state index in [-0.39, 0.29) is 0 Å². The van der Waals surface area contributed by atoms with Gasteiger partial charge in [-0.15, -0.1) is 24.7 Å². The molecule has 0 saturated heterocycles. The molecule has 2 heteroatoms. The maximum absolute atomic E-state index is 5.27. The third-order valence-electron chi connectivity index (χ3n) is 1.61. The van der Waals surface area contributed by atoms with Crippen molar-refractivity contribution in [1.29, 1.82) is 0 Å². The summed E-state index contributed by atoms with van der Waals surface area (Å²) in [6.45, 7) is 2.85. The van der Waals surface area contributed by atoms with Gasteiger partial charge in [-0.3, -0.25) is 0 Å². The highest BCUT2D eigenvalue weighted by Crippen LogP contribution is 1.93. The summed E-state index contributed by atoms with van der Waals surface area (Å²) in [4.78, 5) is 0. The minimum Gasteiger partial charge on any atom is -0.380 e. The lowest BCUT2D eigenvalue weighted by Gasteiger charge is -2.02. The molecule has 0 rings (SSSR count). The van der Waals surface area contributed by atoms with Gasteiger partial charge in [0.05, 0.1) is 13.2 Å². The first kappa shape index (κ1) is 13.0.